The predicted molar refractivity (Wildman–Crippen MR) is 140 cm³/mol. The molecule has 0 radical (unpaired) electrons. The van der Waals surface area contributed by atoms with Gasteiger partial charge in [0.15, 0.2) is 0 Å². The highest BCUT2D eigenvalue weighted by molar-refractivity contribution is 5.84. The molecule has 4 nitrogen and oxygen atoms in total. The summed E-state index contributed by atoms with van der Waals surface area (Å²) < 4.78 is 5.40. The van der Waals surface area contributed by atoms with Crippen molar-refractivity contribution in [3.8, 4) is 0 Å². The van der Waals surface area contributed by atoms with Crippen molar-refractivity contribution in [2.24, 2.45) is 5.73 Å². The summed E-state index contributed by atoms with van der Waals surface area (Å²) >= 11 is 0. The normalized spacial score (nSPS) is 12.5. The van der Waals surface area contributed by atoms with E-state index in [-0.39, 0.29) is 5.97 Å². The van der Waals surface area contributed by atoms with Crippen LogP contribution in [-0.2, 0) is 16.0 Å². The number of esters is 1. The number of aromatic nitrogens is 1. The van der Waals surface area contributed by atoms with Gasteiger partial charge in [-0.2, -0.15) is 0 Å². The zero-order valence-electron chi connectivity index (χ0n) is 20.8. The van der Waals surface area contributed by atoms with Crippen LogP contribution in [0, 0.1) is 0 Å². The van der Waals surface area contributed by atoms with Gasteiger partial charge >= 0.3 is 5.97 Å². The number of carbonyl (C=O) groups is 1. The number of carbonyl (C=O) groups excluding carboxylic acids is 1. The summed E-state index contributed by atoms with van der Waals surface area (Å²) in [4.78, 5) is 15.4. The highest BCUT2D eigenvalue weighted by Gasteiger charge is 2.17. The SMILES string of the molecule is CCCCCCCC/C=C\CCCCCCCCOC(=O)[C@@H](N)Cc1c[nH]c2ccccc12. The Hall–Kier alpha value is -2.07. The number of allylic oxidation sites excluding steroid dienone is 2. The van der Waals surface area contributed by atoms with E-state index in [0.717, 1.165) is 29.3 Å². The molecule has 1 aromatic heterocycles. The van der Waals surface area contributed by atoms with Gasteiger partial charge in [-0.3, -0.25) is 4.79 Å². The first kappa shape index (κ1) is 27.2. The number of nitrogens with two attached hydrogens (primary N) is 1. The van der Waals surface area contributed by atoms with Gasteiger partial charge in [-0.15, -0.1) is 0 Å². The van der Waals surface area contributed by atoms with Gasteiger partial charge in [-0.05, 0) is 43.7 Å². The number of para-hydroxylation sites is 1. The van der Waals surface area contributed by atoms with Crippen LogP contribution in [0.4, 0.5) is 0 Å². The molecule has 2 rings (SSSR count). The maximum absolute atomic E-state index is 12.2. The second kappa shape index (κ2) is 17.4. The number of hydrogen-bond donors (Lipinski definition) is 2. The first-order chi connectivity index (χ1) is 16.2. The van der Waals surface area contributed by atoms with Crippen molar-refractivity contribution < 1.29 is 9.53 Å². The van der Waals surface area contributed by atoms with Crippen LogP contribution in [0.25, 0.3) is 10.9 Å². The molecule has 33 heavy (non-hydrogen) atoms. The molecule has 0 saturated carbocycles. The van der Waals surface area contributed by atoms with Crippen LogP contribution in [0.2, 0.25) is 0 Å². The van der Waals surface area contributed by atoms with Gasteiger partial charge in [0.2, 0.25) is 0 Å². The number of nitrogens with one attached hydrogen (secondary N) is 1. The maximum atomic E-state index is 12.2. The van der Waals surface area contributed by atoms with Crippen molar-refractivity contribution in [3.63, 3.8) is 0 Å². The van der Waals surface area contributed by atoms with Crippen LogP contribution >= 0.6 is 0 Å². The molecule has 0 aliphatic heterocycles. The first-order valence-corrected chi connectivity index (χ1v) is 13.3. The lowest BCUT2D eigenvalue weighted by Gasteiger charge is -2.11. The van der Waals surface area contributed by atoms with E-state index in [4.69, 9.17) is 10.5 Å². The summed E-state index contributed by atoms with van der Waals surface area (Å²) in [6, 6.07) is 7.45. The molecule has 0 amide bonds. The van der Waals surface area contributed by atoms with E-state index in [9.17, 15) is 4.79 Å². The molecule has 4 heteroatoms. The average Bonchev–Trinajstić information content (AvgIpc) is 3.23. The number of H-pyrrole nitrogens is 1. The molecular formula is C29H46N2O2. The Bertz CT molecular complexity index is 796. The molecule has 0 spiro atoms. The fourth-order valence-corrected chi connectivity index (χ4v) is 4.25. The number of rotatable bonds is 19. The molecule has 1 atom stereocenters. The first-order valence-electron chi connectivity index (χ1n) is 13.3. The number of aromatic amines is 1. The van der Waals surface area contributed by atoms with Gasteiger partial charge in [-0.1, -0.05) is 95.1 Å². The summed E-state index contributed by atoms with van der Waals surface area (Å²) in [5.74, 6) is -0.298. The molecule has 1 heterocycles. The van der Waals surface area contributed by atoms with Crippen molar-refractivity contribution in [2.45, 2.75) is 109 Å². The van der Waals surface area contributed by atoms with Crippen molar-refractivity contribution in [2.75, 3.05) is 6.61 Å². The monoisotopic (exact) mass is 454 g/mol. The molecule has 2 aromatic rings. The van der Waals surface area contributed by atoms with Crippen molar-refractivity contribution >= 4 is 16.9 Å². The molecule has 0 saturated heterocycles. The highest BCUT2D eigenvalue weighted by atomic mass is 16.5. The minimum absolute atomic E-state index is 0.298. The number of hydrogen-bond acceptors (Lipinski definition) is 3. The predicted octanol–water partition coefficient (Wildman–Crippen LogP) is 7.62. The molecule has 3 N–H and O–H groups in total. The fraction of sp³-hybridized carbons (Fsp3) is 0.621. The molecule has 0 unspecified atom stereocenters. The molecule has 1 aromatic carbocycles. The lowest BCUT2D eigenvalue weighted by molar-refractivity contribution is -0.145. The summed E-state index contributed by atoms with van der Waals surface area (Å²) in [6.45, 7) is 2.74. The zero-order valence-corrected chi connectivity index (χ0v) is 20.8. The van der Waals surface area contributed by atoms with Gasteiger partial charge in [0.25, 0.3) is 0 Å². The van der Waals surface area contributed by atoms with Crippen LogP contribution in [0.3, 0.4) is 0 Å². The number of unbranched alkanes of at least 4 members (excludes halogenated alkanes) is 12. The van der Waals surface area contributed by atoms with E-state index in [1.165, 1.54) is 77.0 Å². The molecule has 0 bridgehead atoms. The van der Waals surface area contributed by atoms with Crippen LogP contribution < -0.4 is 5.73 Å². The standard InChI is InChI=1S/C29H46N2O2/c1-2-3-4-5-6-7-8-9-10-11-12-13-14-15-16-19-22-33-29(32)27(30)23-25-24-31-28-21-18-17-20-26(25)28/h9-10,17-18,20-21,24,27,31H,2-8,11-16,19,22-23,30H2,1H3/b10-9-/t27-/m0/s1. The summed E-state index contributed by atoms with van der Waals surface area (Å²) in [7, 11) is 0. The van der Waals surface area contributed by atoms with Crippen LogP contribution in [-0.4, -0.2) is 23.6 Å². The smallest absolute Gasteiger partial charge is 0.323 e. The van der Waals surface area contributed by atoms with Gasteiger partial charge in [0, 0.05) is 23.5 Å². The minimum atomic E-state index is -0.613. The Morgan fingerprint density at radius 2 is 1.52 bits per heavy atom. The second-order valence-electron chi connectivity index (χ2n) is 9.28. The Kier molecular flexibility index (Phi) is 14.3. The number of benzene rings is 1. The highest BCUT2D eigenvalue weighted by Crippen LogP contribution is 2.19. The molecule has 0 aliphatic rings. The Labute approximate surface area is 201 Å². The Balaban J connectivity index is 1.40. The van der Waals surface area contributed by atoms with E-state index in [2.05, 4.69) is 24.1 Å². The van der Waals surface area contributed by atoms with Gasteiger partial charge < -0.3 is 15.5 Å². The summed E-state index contributed by atoms with van der Waals surface area (Å²) in [6.07, 6.45) is 25.0. The second-order valence-corrected chi connectivity index (χ2v) is 9.28. The minimum Gasteiger partial charge on any atom is -0.465 e. The molecular weight excluding hydrogens is 408 g/mol. The van der Waals surface area contributed by atoms with Crippen molar-refractivity contribution in [1.82, 2.24) is 4.98 Å². The van der Waals surface area contributed by atoms with E-state index in [1.807, 2.05) is 30.5 Å². The third kappa shape index (κ3) is 11.6. The van der Waals surface area contributed by atoms with Crippen LogP contribution in [0.5, 0.6) is 0 Å². The molecule has 0 fully saturated rings. The number of fused-ring (bicyclic) bond motifs is 1. The Morgan fingerprint density at radius 3 is 2.21 bits per heavy atom. The fourth-order valence-electron chi connectivity index (χ4n) is 4.25. The van der Waals surface area contributed by atoms with E-state index in [0.29, 0.717) is 13.0 Å². The quantitative estimate of drug-likeness (QED) is 0.130. The van der Waals surface area contributed by atoms with Crippen molar-refractivity contribution in [3.05, 3.63) is 48.2 Å². The maximum Gasteiger partial charge on any atom is 0.323 e. The number of ether oxygens (including phenoxy) is 1. The molecule has 0 aliphatic carbocycles. The molecule has 184 valence electrons. The average molecular weight is 455 g/mol. The third-order valence-electron chi connectivity index (χ3n) is 6.32. The van der Waals surface area contributed by atoms with Gasteiger partial charge in [0.1, 0.15) is 6.04 Å². The van der Waals surface area contributed by atoms with Crippen LogP contribution in [0.1, 0.15) is 102 Å². The zero-order chi connectivity index (χ0) is 23.6. The third-order valence-corrected chi connectivity index (χ3v) is 6.32. The lowest BCUT2D eigenvalue weighted by atomic mass is 10.1. The van der Waals surface area contributed by atoms with E-state index in [1.54, 1.807) is 0 Å². The Morgan fingerprint density at radius 1 is 0.909 bits per heavy atom. The van der Waals surface area contributed by atoms with E-state index >= 15 is 0 Å². The topological polar surface area (TPSA) is 68.1 Å². The van der Waals surface area contributed by atoms with Gasteiger partial charge in [0.05, 0.1) is 6.61 Å². The van der Waals surface area contributed by atoms with Gasteiger partial charge in [-0.25, -0.2) is 0 Å². The lowest BCUT2D eigenvalue weighted by Crippen LogP contribution is -2.34. The summed E-state index contributed by atoms with van der Waals surface area (Å²) in [5.41, 5.74) is 8.21. The van der Waals surface area contributed by atoms with E-state index < -0.39 is 6.04 Å². The van der Waals surface area contributed by atoms with Crippen LogP contribution in [0.15, 0.2) is 42.6 Å². The van der Waals surface area contributed by atoms with Crippen molar-refractivity contribution in [1.29, 1.82) is 0 Å². The summed E-state index contributed by atoms with van der Waals surface area (Å²) in [5, 5.41) is 1.12. The largest absolute Gasteiger partial charge is 0.465 e.